The smallest absolute Gasteiger partial charge is 0.275 e. The second-order valence-corrected chi connectivity index (χ2v) is 5.47. The van der Waals surface area contributed by atoms with E-state index in [1.54, 1.807) is 10.9 Å². The van der Waals surface area contributed by atoms with Gasteiger partial charge in [-0.05, 0) is 24.5 Å². The molecule has 6 nitrogen and oxygen atoms in total. The van der Waals surface area contributed by atoms with Gasteiger partial charge in [-0.3, -0.25) is 4.79 Å². The van der Waals surface area contributed by atoms with Gasteiger partial charge in [0.05, 0.1) is 18.5 Å². The average molecular weight is 317 g/mol. The Morgan fingerprint density at radius 2 is 2.13 bits per heavy atom. The van der Waals surface area contributed by atoms with E-state index in [2.05, 4.69) is 10.4 Å². The van der Waals surface area contributed by atoms with Crippen molar-refractivity contribution in [3.63, 3.8) is 0 Å². The summed E-state index contributed by atoms with van der Waals surface area (Å²) in [5.41, 5.74) is 1.11. The van der Waals surface area contributed by atoms with Crippen molar-refractivity contribution in [1.82, 2.24) is 15.1 Å². The molecular formula is C17H23N3O3. The number of ether oxygens (including phenoxy) is 1. The van der Waals surface area contributed by atoms with Gasteiger partial charge in [0.15, 0.2) is 11.4 Å². The van der Waals surface area contributed by atoms with Crippen LogP contribution < -0.4 is 10.1 Å². The second kappa shape index (κ2) is 8.33. The molecule has 0 spiro atoms. The Morgan fingerprint density at radius 1 is 1.39 bits per heavy atom. The van der Waals surface area contributed by atoms with Crippen molar-refractivity contribution in [1.29, 1.82) is 0 Å². The first-order valence-corrected chi connectivity index (χ1v) is 7.82. The van der Waals surface area contributed by atoms with Crippen molar-refractivity contribution in [2.24, 2.45) is 5.92 Å². The number of benzene rings is 1. The average Bonchev–Trinajstić information content (AvgIpc) is 3.02. The topological polar surface area (TPSA) is 76.4 Å². The number of rotatable bonds is 8. The summed E-state index contributed by atoms with van der Waals surface area (Å²) in [5, 5.41) is 16.2. The van der Waals surface area contributed by atoms with Crippen molar-refractivity contribution in [2.45, 2.75) is 20.3 Å². The SMILES string of the molecule is CCCOc1cn(-c2ccccc2)nc1C(=O)NCC(C)CO. The number of hydrogen-bond donors (Lipinski definition) is 2. The number of aromatic nitrogens is 2. The number of aliphatic hydroxyl groups is 1. The highest BCUT2D eigenvalue weighted by molar-refractivity contribution is 5.94. The first kappa shape index (κ1) is 17.0. The summed E-state index contributed by atoms with van der Waals surface area (Å²) < 4.78 is 7.28. The van der Waals surface area contributed by atoms with Crippen molar-refractivity contribution in [3.05, 3.63) is 42.2 Å². The van der Waals surface area contributed by atoms with E-state index in [9.17, 15) is 4.79 Å². The molecule has 124 valence electrons. The Kier molecular flexibility index (Phi) is 6.17. The molecule has 2 aromatic rings. The molecule has 6 heteroatoms. The van der Waals surface area contributed by atoms with E-state index >= 15 is 0 Å². The maximum atomic E-state index is 12.3. The second-order valence-electron chi connectivity index (χ2n) is 5.47. The molecule has 2 N–H and O–H groups in total. The minimum Gasteiger partial charge on any atom is -0.489 e. The van der Waals surface area contributed by atoms with Gasteiger partial charge >= 0.3 is 0 Å². The minimum absolute atomic E-state index is 0.00447. The van der Waals surface area contributed by atoms with E-state index in [0.29, 0.717) is 18.9 Å². The molecule has 23 heavy (non-hydrogen) atoms. The van der Waals surface area contributed by atoms with Crippen LogP contribution in [0.5, 0.6) is 5.75 Å². The van der Waals surface area contributed by atoms with E-state index in [4.69, 9.17) is 9.84 Å². The zero-order valence-electron chi connectivity index (χ0n) is 13.5. The molecule has 0 aliphatic heterocycles. The number of nitrogens with one attached hydrogen (secondary N) is 1. The Labute approximate surface area is 136 Å². The normalized spacial score (nSPS) is 12.0. The summed E-state index contributed by atoms with van der Waals surface area (Å²) in [6.07, 6.45) is 2.56. The quantitative estimate of drug-likeness (QED) is 0.781. The molecule has 1 unspecified atom stereocenters. The number of para-hydroxylation sites is 1. The van der Waals surface area contributed by atoms with Crippen molar-refractivity contribution < 1.29 is 14.6 Å². The van der Waals surface area contributed by atoms with Crippen LogP contribution in [-0.2, 0) is 0 Å². The number of hydrogen-bond acceptors (Lipinski definition) is 4. The van der Waals surface area contributed by atoms with Crippen LogP contribution in [0.25, 0.3) is 5.69 Å². The van der Waals surface area contributed by atoms with Gasteiger partial charge in [-0.2, -0.15) is 5.10 Å². The lowest BCUT2D eigenvalue weighted by Crippen LogP contribution is -2.30. The maximum absolute atomic E-state index is 12.3. The van der Waals surface area contributed by atoms with Crippen LogP contribution >= 0.6 is 0 Å². The summed E-state index contributed by atoms with van der Waals surface area (Å²) in [5.74, 6) is 0.158. The Bertz CT molecular complexity index is 625. The lowest BCUT2D eigenvalue weighted by Gasteiger charge is -2.09. The van der Waals surface area contributed by atoms with Crippen LogP contribution in [0.4, 0.5) is 0 Å². The number of aliphatic hydroxyl groups excluding tert-OH is 1. The molecule has 0 radical (unpaired) electrons. The van der Waals surface area contributed by atoms with E-state index in [0.717, 1.165) is 12.1 Å². The van der Waals surface area contributed by atoms with Crippen LogP contribution in [0.1, 0.15) is 30.8 Å². The van der Waals surface area contributed by atoms with Gasteiger partial charge < -0.3 is 15.2 Å². The zero-order chi connectivity index (χ0) is 16.7. The van der Waals surface area contributed by atoms with E-state index < -0.39 is 0 Å². The Hall–Kier alpha value is -2.34. The third kappa shape index (κ3) is 4.56. The largest absolute Gasteiger partial charge is 0.489 e. The molecule has 1 amide bonds. The fraction of sp³-hybridized carbons (Fsp3) is 0.412. The third-order valence-electron chi connectivity index (χ3n) is 3.30. The summed E-state index contributed by atoms with van der Waals surface area (Å²) >= 11 is 0. The Morgan fingerprint density at radius 3 is 2.78 bits per heavy atom. The Balaban J connectivity index is 2.22. The van der Waals surface area contributed by atoms with Crippen LogP contribution in [-0.4, -0.2) is 40.6 Å². The summed E-state index contributed by atoms with van der Waals surface area (Å²) in [6, 6.07) is 9.56. The van der Waals surface area contributed by atoms with Gasteiger partial charge in [-0.15, -0.1) is 0 Å². The third-order valence-corrected chi connectivity index (χ3v) is 3.30. The lowest BCUT2D eigenvalue weighted by atomic mass is 10.2. The van der Waals surface area contributed by atoms with Gasteiger partial charge in [0.2, 0.25) is 0 Å². The van der Waals surface area contributed by atoms with Gasteiger partial charge in [0.1, 0.15) is 0 Å². The maximum Gasteiger partial charge on any atom is 0.275 e. The number of nitrogens with zero attached hydrogens (tertiary/aromatic N) is 2. The van der Waals surface area contributed by atoms with Crippen LogP contribution in [0.2, 0.25) is 0 Å². The fourth-order valence-electron chi connectivity index (χ4n) is 1.96. The first-order chi connectivity index (χ1) is 11.2. The van der Waals surface area contributed by atoms with Gasteiger partial charge in [0, 0.05) is 13.2 Å². The van der Waals surface area contributed by atoms with Crippen molar-refractivity contribution in [3.8, 4) is 11.4 Å². The van der Waals surface area contributed by atoms with Crippen LogP contribution in [0.3, 0.4) is 0 Å². The van der Waals surface area contributed by atoms with Gasteiger partial charge in [-0.1, -0.05) is 32.0 Å². The predicted molar refractivity (Wildman–Crippen MR) is 87.9 cm³/mol. The number of carbonyl (C=O) groups excluding carboxylic acids is 1. The van der Waals surface area contributed by atoms with Crippen molar-refractivity contribution in [2.75, 3.05) is 19.8 Å². The van der Waals surface area contributed by atoms with Crippen LogP contribution in [0.15, 0.2) is 36.5 Å². The molecule has 0 saturated carbocycles. The standard InChI is InChI=1S/C17H23N3O3/c1-3-9-23-15-11-20(14-7-5-4-6-8-14)19-16(15)17(22)18-10-13(2)12-21/h4-8,11,13,21H,3,9-10,12H2,1-2H3,(H,18,22). The summed E-state index contributed by atoms with van der Waals surface area (Å²) in [4.78, 5) is 12.3. The number of amides is 1. The van der Waals surface area contributed by atoms with E-state index in [1.165, 1.54) is 0 Å². The monoisotopic (exact) mass is 317 g/mol. The van der Waals surface area contributed by atoms with E-state index in [1.807, 2.05) is 44.2 Å². The highest BCUT2D eigenvalue weighted by Gasteiger charge is 2.19. The molecule has 1 heterocycles. The fourth-order valence-corrected chi connectivity index (χ4v) is 1.96. The summed E-state index contributed by atoms with van der Waals surface area (Å²) in [6.45, 7) is 4.80. The molecular weight excluding hydrogens is 294 g/mol. The summed E-state index contributed by atoms with van der Waals surface area (Å²) in [7, 11) is 0. The molecule has 0 aliphatic carbocycles. The molecule has 0 aliphatic rings. The van der Waals surface area contributed by atoms with Crippen LogP contribution in [0, 0.1) is 5.92 Å². The van der Waals surface area contributed by atoms with E-state index in [-0.39, 0.29) is 24.1 Å². The molecule has 2 rings (SSSR count). The zero-order valence-corrected chi connectivity index (χ0v) is 13.5. The van der Waals surface area contributed by atoms with Gasteiger partial charge in [-0.25, -0.2) is 4.68 Å². The molecule has 1 atom stereocenters. The molecule has 0 saturated heterocycles. The molecule has 0 fully saturated rings. The highest BCUT2D eigenvalue weighted by atomic mass is 16.5. The first-order valence-electron chi connectivity index (χ1n) is 7.82. The molecule has 1 aromatic carbocycles. The minimum atomic E-state index is -0.300. The van der Waals surface area contributed by atoms with Crippen molar-refractivity contribution >= 4 is 5.91 Å². The van der Waals surface area contributed by atoms with Gasteiger partial charge in [0.25, 0.3) is 5.91 Å². The molecule has 0 bridgehead atoms. The lowest BCUT2D eigenvalue weighted by molar-refractivity contribution is 0.0933. The predicted octanol–water partition coefficient (Wildman–Crippen LogP) is 2.02. The highest BCUT2D eigenvalue weighted by Crippen LogP contribution is 2.20. The number of carbonyl (C=O) groups is 1. The molecule has 1 aromatic heterocycles.